The molecule has 0 radical (unpaired) electrons. The van der Waals surface area contributed by atoms with Crippen molar-refractivity contribution in [1.82, 2.24) is 9.97 Å². The van der Waals surface area contributed by atoms with E-state index in [1.165, 1.54) is 0 Å². The van der Waals surface area contributed by atoms with Crippen LogP contribution in [0.25, 0.3) is 0 Å². The quantitative estimate of drug-likeness (QED) is 0.742. The van der Waals surface area contributed by atoms with Gasteiger partial charge in [-0.15, -0.1) is 0 Å². The Morgan fingerprint density at radius 2 is 1.88 bits per heavy atom. The normalized spacial score (nSPS) is 11.8. The van der Waals surface area contributed by atoms with Crippen LogP contribution in [-0.4, -0.2) is 16.6 Å². The first-order valence-electron chi connectivity index (χ1n) is 5.73. The molecule has 0 saturated carbocycles. The molecular formula is C12H19ClN2O. The number of aryl methyl sites for hydroxylation is 1. The van der Waals surface area contributed by atoms with Gasteiger partial charge in [0.1, 0.15) is 10.8 Å². The van der Waals surface area contributed by atoms with Crippen molar-refractivity contribution in [3.05, 3.63) is 22.7 Å². The first-order chi connectivity index (χ1) is 7.57. The smallest absolute Gasteiger partial charge is 0.162 e. The number of aromatic nitrogens is 2. The zero-order valence-electron chi connectivity index (χ0n) is 10.4. The van der Waals surface area contributed by atoms with Crippen molar-refractivity contribution in [3.8, 4) is 0 Å². The summed E-state index contributed by atoms with van der Waals surface area (Å²) in [5, 5.41) is 0.480. The molecule has 0 bridgehead atoms. The molecule has 0 spiro atoms. The van der Waals surface area contributed by atoms with E-state index in [0.29, 0.717) is 17.6 Å². The van der Waals surface area contributed by atoms with E-state index in [9.17, 15) is 0 Å². The molecule has 0 atom stereocenters. The van der Waals surface area contributed by atoms with Crippen molar-refractivity contribution < 1.29 is 4.74 Å². The molecule has 0 aliphatic rings. The zero-order chi connectivity index (χ0) is 12.2. The van der Waals surface area contributed by atoms with Gasteiger partial charge in [-0.1, -0.05) is 25.4 Å². The Morgan fingerprint density at radius 3 is 2.31 bits per heavy atom. The lowest BCUT2D eigenvalue weighted by Crippen LogP contribution is -2.31. The highest BCUT2D eigenvalue weighted by molar-refractivity contribution is 6.29. The molecule has 0 aromatic carbocycles. The molecule has 90 valence electrons. The van der Waals surface area contributed by atoms with Crippen LogP contribution in [0.4, 0.5) is 0 Å². The fourth-order valence-electron chi connectivity index (χ4n) is 1.85. The monoisotopic (exact) mass is 242 g/mol. The Balaban J connectivity index is 3.19. The van der Waals surface area contributed by atoms with Gasteiger partial charge in [-0.25, -0.2) is 9.97 Å². The van der Waals surface area contributed by atoms with Gasteiger partial charge < -0.3 is 4.74 Å². The largest absolute Gasteiger partial charge is 0.367 e. The second-order valence-electron chi connectivity index (χ2n) is 3.79. The number of hydrogen-bond acceptors (Lipinski definition) is 3. The predicted octanol–water partition coefficient (Wildman–Crippen LogP) is 3.49. The van der Waals surface area contributed by atoms with Gasteiger partial charge in [0.25, 0.3) is 0 Å². The molecule has 1 heterocycles. The average molecular weight is 243 g/mol. The summed E-state index contributed by atoms with van der Waals surface area (Å²) in [7, 11) is 0. The SMILES string of the molecule is CCOC(CC)(CC)c1nc(C)cc(Cl)n1. The second-order valence-corrected chi connectivity index (χ2v) is 4.18. The van der Waals surface area contributed by atoms with Gasteiger partial charge in [-0.2, -0.15) is 0 Å². The Kier molecular flexibility index (Phi) is 4.69. The minimum Gasteiger partial charge on any atom is -0.367 e. The summed E-state index contributed by atoms with van der Waals surface area (Å²) in [6, 6.07) is 1.76. The van der Waals surface area contributed by atoms with Gasteiger partial charge >= 0.3 is 0 Å². The Bertz CT molecular complexity index is 331. The van der Waals surface area contributed by atoms with Crippen molar-refractivity contribution in [1.29, 1.82) is 0 Å². The molecule has 0 fully saturated rings. The van der Waals surface area contributed by atoms with Crippen molar-refractivity contribution in [2.24, 2.45) is 0 Å². The third-order valence-corrected chi connectivity index (χ3v) is 2.99. The molecule has 16 heavy (non-hydrogen) atoms. The van der Waals surface area contributed by atoms with E-state index >= 15 is 0 Å². The highest BCUT2D eigenvalue weighted by Crippen LogP contribution is 2.31. The molecule has 0 aliphatic heterocycles. The summed E-state index contributed by atoms with van der Waals surface area (Å²) in [5.41, 5.74) is 0.478. The van der Waals surface area contributed by atoms with Crippen LogP contribution in [-0.2, 0) is 10.3 Å². The third kappa shape index (κ3) is 2.71. The fraction of sp³-hybridized carbons (Fsp3) is 0.667. The van der Waals surface area contributed by atoms with Gasteiger partial charge in [0.2, 0.25) is 0 Å². The lowest BCUT2D eigenvalue weighted by Gasteiger charge is -2.30. The van der Waals surface area contributed by atoms with E-state index in [4.69, 9.17) is 16.3 Å². The first kappa shape index (κ1) is 13.4. The average Bonchev–Trinajstić information content (AvgIpc) is 2.24. The van der Waals surface area contributed by atoms with Crippen LogP contribution in [0.2, 0.25) is 5.15 Å². The summed E-state index contributed by atoms with van der Waals surface area (Å²) in [4.78, 5) is 8.74. The maximum atomic E-state index is 5.96. The molecule has 3 nitrogen and oxygen atoms in total. The van der Waals surface area contributed by atoms with E-state index < -0.39 is 5.60 Å². The van der Waals surface area contributed by atoms with Crippen LogP contribution in [0.15, 0.2) is 6.07 Å². The number of halogens is 1. The highest BCUT2D eigenvalue weighted by Gasteiger charge is 2.32. The molecule has 0 unspecified atom stereocenters. The van der Waals surface area contributed by atoms with Crippen molar-refractivity contribution in [2.75, 3.05) is 6.61 Å². The fourth-order valence-corrected chi connectivity index (χ4v) is 2.08. The Labute approximate surface area is 102 Å². The molecule has 0 saturated heterocycles. The van der Waals surface area contributed by atoms with Crippen molar-refractivity contribution in [3.63, 3.8) is 0 Å². The number of hydrogen-bond donors (Lipinski definition) is 0. The number of nitrogens with zero attached hydrogens (tertiary/aromatic N) is 2. The van der Waals surface area contributed by atoms with Gasteiger partial charge in [-0.3, -0.25) is 0 Å². The second kappa shape index (κ2) is 5.60. The summed E-state index contributed by atoms with van der Waals surface area (Å²) < 4.78 is 5.84. The first-order valence-corrected chi connectivity index (χ1v) is 6.11. The molecule has 1 rings (SSSR count). The lowest BCUT2D eigenvalue weighted by atomic mass is 9.96. The zero-order valence-corrected chi connectivity index (χ0v) is 11.1. The summed E-state index contributed by atoms with van der Waals surface area (Å²) in [5.74, 6) is 0.698. The van der Waals surface area contributed by atoms with E-state index in [1.807, 2.05) is 13.8 Å². The maximum Gasteiger partial charge on any atom is 0.162 e. The van der Waals surface area contributed by atoms with Crippen LogP contribution < -0.4 is 0 Å². The summed E-state index contributed by atoms with van der Waals surface area (Å²) in [6.45, 7) is 8.71. The van der Waals surface area contributed by atoms with Crippen molar-refractivity contribution >= 4 is 11.6 Å². The van der Waals surface area contributed by atoms with E-state index in [2.05, 4.69) is 23.8 Å². The van der Waals surface area contributed by atoms with Gasteiger partial charge in [0.05, 0.1) is 0 Å². The van der Waals surface area contributed by atoms with Crippen molar-refractivity contribution in [2.45, 2.75) is 46.1 Å². The van der Waals surface area contributed by atoms with Gasteiger partial charge in [0.15, 0.2) is 5.82 Å². The topological polar surface area (TPSA) is 35.0 Å². The van der Waals surface area contributed by atoms with Crippen LogP contribution in [0.5, 0.6) is 0 Å². The number of rotatable bonds is 5. The summed E-state index contributed by atoms with van der Waals surface area (Å²) >= 11 is 5.96. The third-order valence-electron chi connectivity index (χ3n) is 2.79. The lowest BCUT2D eigenvalue weighted by molar-refractivity contribution is -0.0572. The highest BCUT2D eigenvalue weighted by atomic mass is 35.5. The van der Waals surface area contributed by atoms with Crippen LogP contribution in [0.1, 0.15) is 45.1 Å². The Morgan fingerprint density at radius 1 is 1.25 bits per heavy atom. The molecule has 0 N–H and O–H groups in total. The van der Waals surface area contributed by atoms with Crippen LogP contribution in [0.3, 0.4) is 0 Å². The van der Waals surface area contributed by atoms with E-state index in [1.54, 1.807) is 6.07 Å². The molecule has 4 heteroatoms. The van der Waals surface area contributed by atoms with Crippen LogP contribution >= 0.6 is 11.6 Å². The molecule has 0 amide bonds. The predicted molar refractivity (Wildman–Crippen MR) is 65.7 cm³/mol. The van der Waals surface area contributed by atoms with Crippen LogP contribution in [0, 0.1) is 6.92 Å². The molecule has 1 aromatic heterocycles. The van der Waals surface area contributed by atoms with Gasteiger partial charge in [-0.05, 0) is 32.8 Å². The Hall–Kier alpha value is -0.670. The molecular weight excluding hydrogens is 224 g/mol. The van der Waals surface area contributed by atoms with E-state index in [-0.39, 0.29) is 0 Å². The minimum atomic E-state index is -0.398. The standard InChI is InChI=1S/C12H19ClN2O/c1-5-12(6-2,16-7-3)11-14-9(4)8-10(13)15-11/h8H,5-7H2,1-4H3. The summed E-state index contributed by atoms with van der Waals surface area (Å²) in [6.07, 6.45) is 1.69. The van der Waals surface area contributed by atoms with E-state index in [0.717, 1.165) is 18.5 Å². The van der Waals surface area contributed by atoms with Gasteiger partial charge in [0, 0.05) is 12.3 Å². The number of ether oxygens (including phenoxy) is 1. The minimum absolute atomic E-state index is 0.398. The molecule has 0 aliphatic carbocycles. The maximum absolute atomic E-state index is 5.96. The molecule has 1 aromatic rings.